The van der Waals surface area contributed by atoms with E-state index in [1.54, 1.807) is 7.11 Å². The Balaban J connectivity index is 1.26. The Bertz CT molecular complexity index is 975. The number of hydrogen-bond donors (Lipinski definition) is 1. The van der Waals surface area contributed by atoms with Gasteiger partial charge in [0.25, 0.3) is 0 Å². The zero-order valence-corrected chi connectivity index (χ0v) is 19.3. The van der Waals surface area contributed by atoms with Gasteiger partial charge in [0.15, 0.2) is 11.5 Å². The van der Waals surface area contributed by atoms with Crippen molar-refractivity contribution in [2.24, 2.45) is 0 Å². The van der Waals surface area contributed by atoms with Crippen molar-refractivity contribution in [2.45, 2.75) is 52.4 Å². The number of rotatable bonds is 9. The van der Waals surface area contributed by atoms with Gasteiger partial charge in [0, 0.05) is 19.1 Å². The number of hydrogen-bond acceptors (Lipinski definition) is 6. The first kappa shape index (κ1) is 22.4. The summed E-state index contributed by atoms with van der Waals surface area (Å²) < 4.78 is 16.8. The summed E-state index contributed by atoms with van der Waals surface area (Å²) in [5.41, 5.74) is 4.43. The van der Waals surface area contributed by atoms with Crippen LogP contribution in [0.3, 0.4) is 0 Å². The van der Waals surface area contributed by atoms with Gasteiger partial charge in [-0.2, -0.15) is 0 Å². The van der Waals surface area contributed by atoms with Crippen LogP contribution in [0.1, 0.15) is 41.0 Å². The normalized spacial score (nSPS) is 15.1. The SMILES string of the molecule is COc1cc(CNC2CCN(Cc3ccccc3)CC2)ccc1OCc1c(C)noc1C. The van der Waals surface area contributed by atoms with Crippen molar-refractivity contribution in [2.75, 3.05) is 20.2 Å². The Hall–Kier alpha value is -2.83. The lowest BCUT2D eigenvalue weighted by molar-refractivity contribution is 0.190. The molecule has 1 fully saturated rings. The zero-order chi connectivity index (χ0) is 22.3. The lowest BCUT2D eigenvalue weighted by Crippen LogP contribution is -2.41. The molecule has 0 amide bonds. The van der Waals surface area contributed by atoms with Gasteiger partial charge in [0.05, 0.1) is 18.4 Å². The first-order chi connectivity index (χ1) is 15.6. The monoisotopic (exact) mass is 435 g/mol. The predicted octanol–water partition coefficient (Wildman–Crippen LogP) is 4.63. The molecule has 6 heteroatoms. The molecule has 3 aromatic rings. The summed E-state index contributed by atoms with van der Waals surface area (Å²) in [5.74, 6) is 2.26. The number of piperidine rings is 1. The highest BCUT2D eigenvalue weighted by Crippen LogP contribution is 2.29. The van der Waals surface area contributed by atoms with Crippen molar-refractivity contribution in [3.63, 3.8) is 0 Å². The lowest BCUT2D eigenvalue weighted by atomic mass is 10.0. The minimum absolute atomic E-state index is 0.413. The minimum atomic E-state index is 0.413. The van der Waals surface area contributed by atoms with E-state index in [4.69, 9.17) is 14.0 Å². The molecule has 0 unspecified atom stereocenters. The molecule has 2 heterocycles. The Morgan fingerprint density at radius 2 is 1.81 bits per heavy atom. The maximum atomic E-state index is 5.99. The Labute approximate surface area is 190 Å². The standard InChI is InChI=1S/C26H33N3O3/c1-19-24(20(2)32-28-19)18-31-25-10-9-22(15-26(25)30-3)16-27-23-11-13-29(14-12-23)17-21-7-5-4-6-8-21/h4-10,15,23,27H,11-14,16-18H2,1-3H3. The fourth-order valence-electron chi connectivity index (χ4n) is 4.20. The summed E-state index contributed by atoms with van der Waals surface area (Å²) in [6.45, 7) is 8.36. The highest BCUT2D eigenvalue weighted by atomic mass is 16.5. The molecule has 0 radical (unpaired) electrons. The van der Waals surface area contributed by atoms with Crippen LogP contribution in [-0.2, 0) is 19.7 Å². The van der Waals surface area contributed by atoms with Crippen LogP contribution in [0.25, 0.3) is 0 Å². The highest BCUT2D eigenvalue weighted by molar-refractivity contribution is 5.43. The molecule has 32 heavy (non-hydrogen) atoms. The lowest BCUT2D eigenvalue weighted by Gasteiger charge is -2.32. The van der Waals surface area contributed by atoms with E-state index in [1.807, 2.05) is 19.9 Å². The van der Waals surface area contributed by atoms with E-state index in [0.717, 1.165) is 54.7 Å². The van der Waals surface area contributed by atoms with Crippen molar-refractivity contribution in [3.8, 4) is 11.5 Å². The number of likely N-dealkylation sites (tertiary alicyclic amines) is 1. The molecule has 0 saturated carbocycles. The van der Waals surface area contributed by atoms with Crippen molar-refractivity contribution in [1.82, 2.24) is 15.4 Å². The second kappa shape index (κ2) is 10.7. The maximum absolute atomic E-state index is 5.99. The fraction of sp³-hybridized carbons (Fsp3) is 0.423. The summed E-state index contributed by atoms with van der Waals surface area (Å²) >= 11 is 0. The minimum Gasteiger partial charge on any atom is -0.493 e. The molecule has 1 aliphatic rings. The summed E-state index contributed by atoms with van der Waals surface area (Å²) in [7, 11) is 1.68. The first-order valence-electron chi connectivity index (χ1n) is 11.3. The van der Waals surface area contributed by atoms with E-state index in [9.17, 15) is 0 Å². The zero-order valence-electron chi connectivity index (χ0n) is 19.3. The van der Waals surface area contributed by atoms with E-state index in [-0.39, 0.29) is 0 Å². The van der Waals surface area contributed by atoms with Gasteiger partial charge in [0.2, 0.25) is 0 Å². The average molecular weight is 436 g/mol. The number of benzene rings is 2. The number of ether oxygens (including phenoxy) is 2. The summed E-state index contributed by atoms with van der Waals surface area (Å²) in [4.78, 5) is 2.54. The molecule has 1 aliphatic heterocycles. The van der Waals surface area contributed by atoms with Gasteiger partial charge in [-0.05, 0) is 63.0 Å². The molecule has 1 N–H and O–H groups in total. The third-order valence-electron chi connectivity index (χ3n) is 6.21. The molecule has 1 saturated heterocycles. The van der Waals surface area contributed by atoms with Crippen LogP contribution in [0.2, 0.25) is 0 Å². The topological polar surface area (TPSA) is 59.8 Å². The van der Waals surface area contributed by atoms with Gasteiger partial charge >= 0.3 is 0 Å². The van der Waals surface area contributed by atoms with Gasteiger partial charge in [-0.15, -0.1) is 0 Å². The van der Waals surface area contributed by atoms with Crippen LogP contribution in [0.4, 0.5) is 0 Å². The molecule has 2 aromatic carbocycles. The molecule has 1 aromatic heterocycles. The number of aromatic nitrogens is 1. The van der Waals surface area contributed by atoms with Gasteiger partial charge in [-0.25, -0.2) is 0 Å². The van der Waals surface area contributed by atoms with E-state index < -0.39 is 0 Å². The molecule has 6 nitrogen and oxygen atoms in total. The maximum Gasteiger partial charge on any atom is 0.161 e. The molecular formula is C26H33N3O3. The summed E-state index contributed by atoms with van der Waals surface area (Å²) in [6.07, 6.45) is 2.34. The molecule has 0 bridgehead atoms. The quantitative estimate of drug-likeness (QED) is 0.529. The van der Waals surface area contributed by atoms with Crippen LogP contribution < -0.4 is 14.8 Å². The van der Waals surface area contributed by atoms with E-state index >= 15 is 0 Å². The van der Waals surface area contributed by atoms with E-state index in [0.29, 0.717) is 12.6 Å². The number of nitrogens with one attached hydrogen (secondary N) is 1. The molecule has 4 rings (SSSR count). The van der Waals surface area contributed by atoms with Crippen LogP contribution >= 0.6 is 0 Å². The number of methoxy groups -OCH3 is 1. The van der Waals surface area contributed by atoms with E-state index in [1.165, 1.54) is 24.0 Å². The molecule has 0 aliphatic carbocycles. The molecule has 0 spiro atoms. The molecule has 0 atom stereocenters. The van der Waals surface area contributed by atoms with Crippen LogP contribution in [0.5, 0.6) is 11.5 Å². The van der Waals surface area contributed by atoms with Gasteiger partial charge < -0.3 is 19.3 Å². The Kier molecular flexibility index (Phi) is 7.45. The summed E-state index contributed by atoms with van der Waals surface area (Å²) in [6, 6.07) is 17.4. The van der Waals surface area contributed by atoms with Crippen molar-refractivity contribution in [3.05, 3.63) is 76.7 Å². The van der Waals surface area contributed by atoms with Crippen molar-refractivity contribution < 1.29 is 14.0 Å². The largest absolute Gasteiger partial charge is 0.493 e. The van der Waals surface area contributed by atoms with E-state index in [2.05, 4.69) is 57.8 Å². The van der Waals surface area contributed by atoms with Crippen LogP contribution in [0, 0.1) is 13.8 Å². The van der Waals surface area contributed by atoms with Crippen LogP contribution in [-0.4, -0.2) is 36.3 Å². The number of aryl methyl sites for hydroxylation is 2. The predicted molar refractivity (Wildman–Crippen MR) is 125 cm³/mol. The third-order valence-corrected chi connectivity index (χ3v) is 6.21. The van der Waals surface area contributed by atoms with Crippen molar-refractivity contribution in [1.29, 1.82) is 0 Å². The van der Waals surface area contributed by atoms with Gasteiger partial charge in [-0.3, -0.25) is 4.90 Å². The Morgan fingerprint density at radius 3 is 2.50 bits per heavy atom. The fourth-order valence-corrected chi connectivity index (χ4v) is 4.20. The third kappa shape index (κ3) is 5.69. The smallest absolute Gasteiger partial charge is 0.161 e. The first-order valence-corrected chi connectivity index (χ1v) is 11.3. The second-order valence-electron chi connectivity index (χ2n) is 8.49. The second-order valence-corrected chi connectivity index (χ2v) is 8.49. The van der Waals surface area contributed by atoms with Crippen LogP contribution in [0.15, 0.2) is 53.1 Å². The molecular weight excluding hydrogens is 402 g/mol. The van der Waals surface area contributed by atoms with Crippen molar-refractivity contribution >= 4 is 0 Å². The summed E-state index contributed by atoms with van der Waals surface area (Å²) in [5, 5.41) is 7.70. The highest BCUT2D eigenvalue weighted by Gasteiger charge is 2.19. The number of nitrogens with zero attached hydrogens (tertiary/aromatic N) is 2. The Morgan fingerprint density at radius 1 is 1.03 bits per heavy atom. The van der Waals surface area contributed by atoms with Gasteiger partial charge in [0.1, 0.15) is 12.4 Å². The van der Waals surface area contributed by atoms with Gasteiger partial charge in [-0.1, -0.05) is 41.6 Å². The molecule has 170 valence electrons. The average Bonchev–Trinajstić information content (AvgIpc) is 3.15.